The zero-order valence-corrected chi connectivity index (χ0v) is 9.73. The summed E-state index contributed by atoms with van der Waals surface area (Å²) in [5.74, 6) is -0.592. The van der Waals surface area contributed by atoms with Gasteiger partial charge >= 0.3 is 0 Å². The summed E-state index contributed by atoms with van der Waals surface area (Å²) >= 11 is 0. The van der Waals surface area contributed by atoms with Crippen LogP contribution in [0.5, 0.6) is 0 Å². The molecule has 15 heavy (non-hydrogen) atoms. The minimum atomic E-state index is -3.37. The third kappa shape index (κ3) is 2.12. The highest BCUT2D eigenvalue weighted by molar-refractivity contribution is 7.91. The summed E-state index contributed by atoms with van der Waals surface area (Å²) in [5.41, 5.74) is 5.81. The zero-order chi connectivity index (χ0) is 11.9. The number of hydrogen-bond acceptors (Lipinski definition) is 3. The van der Waals surface area contributed by atoms with Gasteiger partial charge in [-0.05, 0) is 26.0 Å². The van der Waals surface area contributed by atoms with E-state index in [1.807, 2.05) is 0 Å². The number of rotatable bonds is 2. The lowest BCUT2D eigenvalue weighted by molar-refractivity contribution is 0.538. The molecule has 84 valence electrons. The minimum absolute atomic E-state index is 0.138. The van der Waals surface area contributed by atoms with Crippen molar-refractivity contribution in [3.05, 3.63) is 29.6 Å². The van der Waals surface area contributed by atoms with Crippen LogP contribution in [0.3, 0.4) is 0 Å². The van der Waals surface area contributed by atoms with E-state index in [2.05, 4.69) is 0 Å². The average molecular weight is 231 g/mol. The summed E-state index contributed by atoms with van der Waals surface area (Å²) in [6, 6.07) is 4.03. The van der Waals surface area contributed by atoms with Crippen LogP contribution < -0.4 is 5.73 Å². The van der Waals surface area contributed by atoms with E-state index in [4.69, 9.17) is 5.73 Å². The van der Waals surface area contributed by atoms with Crippen LogP contribution >= 0.6 is 0 Å². The third-order valence-electron chi connectivity index (χ3n) is 2.57. The molecule has 1 rings (SSSR count). The summed E-state index contributed by atoms with van der Waals surface area (Å²) in [4.78, 5) is 0. The summed E-state index contributed by atoms with van der Waals surface area (Å²) in [7, 11) is -3.37. The maximum atomic E-state index is 13.5. The van der Waals surface area contributed by atoms with Gasteiger partial charge in [0.05, 0.1) is 4.75 Å². The number of nitrogen functional groups attached to an aromatic ring is 1. The van der Waals surface area contributed by atoms with Crippen molar-refractivity contribution in [2.75, 3.05) is 12.0 Å². The topological polar surface area (TPSA) is 60.2 Å². The molecule has 0 spiro atoms. The van der Waals surface area contributed by atoms with Crippen LogP contribution in [0.15, 0.2) is 18.2 Å². The highest BCUT2D eigenvalue weighted by Gasteiger charge is 2.34. The Morgan fingerprint density at radius 2 is 1.87 bits per heavy atom. The van der Waals surface area contributed by atoms with Gasteiger partial charge in [0.15, 0.2) is 9.84 Å². The molecule has 0 unspecified atom stereocenters. The number of nitrogens with two attached hydrogens (primary N) is 1. The largest absolute Gasteiger partial charge is 0.399 e. The smallest absolute Gasteiger partial charge is 0.156 e. The average Bonchev–Trinajstić information content (AvgIpc) is 2.00. The van der Waals surface area contributed by atoms with E-state index in [1.54, 1.807) is 0 Å². The van der Waals surface area contributed by atoms with Gasteiger partial charge in [-0.1, -0.05) is 6.07 Å². The van der Waals surface area contributed by atoms with E-state index >= 15 is 0 Å². The van der Waals surface area contributed by atoms with Gasteiger partial charge in [-0.15, -0.1) is 0 Å². The molecular formula is C10H14FNO2S. The first-order valence-electron chi connectivity index (χ1n) is 4.41. The number of benzene rings is 1. The van der Waals surface area contributed by atoms with E-state index in [0.29, 0.717) is 0 Å². The van der Waals surface area contributed by atoms with Gasteiger partial charge in [0.25, 0.3) is 0 Å². The van der Waals surface area contributed by atoms with E-state index < -0.39 is 20.4 Å². The van der Waals surface area contributed by atoms with Gasteiger partial charge < -0.3 is 5.73 Å². The Kier molecular flexibility index (Phi) is 2.78. The SMILES string of the molecule is CC(C)(c1ccc(N)cc1F)S(C)(=O)=O. The minimum Gasteiger partial charge on any atom is -0.399 e. The molecule has 0 aliphatic rings. The monoisotopic (exact) mass is 231 g/mol. The van der Waals surface area contributed by atoms with Crippen LogP contribution in [-0.4, -0.2) is 14.7 Å². The molecule has 1 aromatic carbocycles. The number of anilines is 1. The summed E-state index contributed by atoms with van der Waals surface area (Å²) < 4.78 is 35.3. The first kappa shape index (κ1) is 12.0. The van der Waals surface area contributed by atoms with Gasteiger partial charge in [-0.2, -0.15) is 0 Å². The first-order valence-corrected chi connectivity index (χ1v) is 6.30. The second kappa shape index (κ2) is 3.48. The standard InChI is InChI=1S/C10H14FNO2S/c1-10(2,15(3,13)14)8-5-4-7(12)6-9(8)11/h4-6H,12H2,1-3H3. The molecule has 0 atom stereocenters. The van der Waals surface area contributed by atoms with Crippen molar-refractivity contribution in [1.29, 1.82) is 0 Å². The van der Waals surface area contributed by atoms with Crippen molar-refractivity contribution in [2.45, 2.75) is 18.6 Å². The van der Waals surface area contributed by atoms with Crippen LogP contribution in [-0.2, 0) is 14.6 Å². The molecule has 1 aromatic rings. The number of halogens is 1. The van der Waals surface area contributed by atoms with Crippen molar-refractivity contribution in [3.63, 3.8) is 0 Å². The van der Waals surface area contributed by atoms with Crippen molar-refractivity contribution >= 4 is 15.5 Å². The fourth-order valence-corrected chi connectivity index (χ4v) is 1.78. The fraction of sp³-hybridized carbons (Fsp3) is 0.400. The molecule has 0 amide bonds. The third-order valence-corrected chi connectivity index (χ3v) is 4.64. The predicted molar refractivity (Wildman–Crippen MR) is 58.7 cm³/mol. The normalized spacial score (nSPS) is 12.8. The molecule has 0 fully saturated rings. The maximum Gasteiger partial charge on any atom is 0.156 e. The number of hydrogen-bond donors (Lipinski definition) is 1. The Bertz CT molecular complexity index is 480. The molecule has 3 nitrogen and oxygen atoms in total. The summed E-state index contributed by atoms with van der Waals surface area (Å²) in [6.45, 7) is 2.94. The van der Waals surface area contributed by atoms with Crippen LogP contribution in [0.2, 0.25) is 0 Å². The Balaban J connectivity index is 3.41. The van der Waals surface area contributed by atoms with E-state index in [1.165, 1.54) is 26.0 Å². The van der Waals surface area contributed by atoms with Gasteiger partial charge in [0.1, 0.15) is 5.82 Å². The number of sulfone groups is 1. The van der Waals surface area contributed by atoms with E-state index in [0.717, 1.165) is 12.3 Å². The van der Waals surface area contributed by atoms with Crippen LogP contribution in [0, 0.1) is 5.82 Å². The maximum absolute atomic E-state index is 13.5. The second-order valence-electron chi connectivity index (χ2n) is 4.02. The van der Waals surface area contributed by atoms with Gasteiger partial charge in [0, 0.05) is 17.5 Å². The van der Waals surface area contributed by atoms with Crippen molar-refractivity contribution in [1.82, 2.24) is 0 Å². The van der Waals surface area contributed by atoms with Gasteiger partial charge in [-0.25, -0.2) is 12.8 Å². The molecule has 0 bridgehead atoms. The Labute approximate surface area is 89.0 Å². The lowest BCUT2D eigenvalue weighted by atomic mass is 10.0. The molecule has 2 N–H and O–H groups in total. The summed E-state index contributed by atoms with van der Waals surface area (Å²) in [6.07, 6.45) is 1.09. The molecular weight excluding hydrogens is 217 g/mol. The Hall–Kier alpha value is -1.10. The van der Waals surface area contributed by atoms with Crippen LogP contribution in [0.25, 0.3) is 0 Å². The molecule has 0 heterocycles. The molecule has 0 radical (unpaired) electrons. The molecule has 0 aromatic heterocycles. The van der Waals surface area contributed by atoms with Gasteiger partial charge in [0.2, 0.25) is 0 Å². The highest BCUT2D eigenvalue weighted by atomic mass is 32.2. The van der Waals surface area contributed by atoms with Crippen LogP contribution in [0.1, 0.15) is 19.4 Å². The highest BCUT2D eigenvalue weighted by Crippen LogP contribution is 2.31. The molecule has 0 aliphatic heterocycles. The molecule has 0 aliphatic carbocycles. The first-order chi connectivity index (χ1) is 6.66. The van der Waals surface area contributed by atoms with E-state index in [9.17, 15) is 12.8 Å². The quantitative estimate of drug-likeness (QED) is 0.788. The molecule has 0 saturated heterocycles. The molecule has 0 saturated carbocycles. The van der Waals surface area contributed by atoms with Gasteiger partial charge in [-0.3, -0.25) is 0 Å². The fourth-order valence-electron chi connectivity index (χ4n) is 1.22. The predicted octanol–water partition coefficient (Wildman–Crippen LogP) is 1.69. The van der Waals surface area contributed by atoms with Crippen molar-refractivity contribution < 1.29 is 12.8 Å². The van der Waals surface area contributed by atoms with Crippen molar-refractivity contribution in [3.8, 4) is 0 Å². The van der Waals surface area contributed by atoms with Crippen molar-refractivity contribution in [2.24, 2.45) is 0 Å². The second-order valence-corrected chi connectivity index (χ2v) is 6.59. The summed E-state index contributed by atoms with van der Waals surface area (Å²) in [5, 5.41) is 0. The van der Waals surface area contributed by atoms with Crippen LogP contribution in [0.4, 0.5) is 10.1 Å². The zero-order valence-electron chi connectivity index (χ0n) is 8.91. The lowest BCUT2D eigenvalue weighted by Gasteiger charge is -2.23. The lowest BCUT2D eigenvalue weighted by Crippen LogP contribution is -2.29. The van der Waals surface area contributed by atoms with E-state index in [-0.39, 0.29) is 11.3 Å². The Morgan fingerprint density at radius 3 is 2.27 bits per heavy atom. The molecule has 5 heteroatoms. The Morgan fingerprint density at radius 1 is 1.33 bits per heavy atom.